The number of nitrogens with one attached hydrogen (secondary N) is 2. The fourth-order valence-electron chi connectivity index (χ4n) is 1.36. The maximum absolute atomic E-state index is 11.8. The highest BCUT2D eigenvalue weighted by molar-refractivity contribution is 5.91. The van der Waals surface area contributed by atoms with Crippen LogP contribution in [0.3, 0.4) is 0 Å². The van der Waals surface area contributed by atoms with E-state index in [-0.39, 0.29) is 11.6 Å². The van der Waals surface area contributed by atoms with Gasteiger partial charge in [-0.25, -0.2) is 15.8 Å². The predicted octanol–water partition coefficient (Wildman–Crippen LogP) is -0.574. The molecule has 0 atom stereocenters. The monoisotopic (exact) mass is 247 g/mol. The van der Waals surface area contributed by atoms with Crippen molar-refractivity contribution in [2.45, 2.75) is 6.54 Å². The maximum Gasteiger partial charge on any atom is 0.271 e. The fraction of sp³-hybridized carbons (Fsp3) is 0.200. The number of amides is 1. The van der Waals surface area contributed by atoms with Gasteiger partial charge in [0, 0.05) is 13.2 Å². The maximum atomic E-state index is 11.8. The van der Waals surface area contributed by atoms with Crippen molar-refractivity contribution in [1.29, 1.82) is 0 Å². The summed E-state index contributed by atoms with van der Waals surface area (Å²) >= 11 is 0. The van der Waals surface area contributed by atoms with Crippen molar-refractivity contribution in [3.63, 3.8) is 0 Å². The number of nitrogen functional groups attached to an aromatic ring is 1. The van der Waals surface area contributed by atoms with Crippen molar-refractivity contribution in [3.05, 3.63) is 36.0 Å². The largest absolute Gasteiger partial charge is 0.345 e. The van der Waals surface area contributed by atoms with E-state index in [1.807, 2.05) is 13.1 Å². The molecule has 0 aliphatic heterocycles. The standard InChI is InChI=1S/C10H13N7O/c1-17-7(2-3-15-17)4-14-10(18)8-5-13-9(16-11)6-12-8/h2-3,5-6H,4,11H2,1H3,(H,13,16)(H,14,18). The summed E-state index contributed by atoms with van der Waals surface area (Å²) in [6.45, 7) is 0.383. The number of carbonyl (C=O) groups is 1. The minimum atomic E-state index is -0.299. The first-order valence-electron chi connectivity index (χ1n) is 5.24. The van der Waals surface area contributed by atoms with Gasteiger partial charge in [-0.05, 0) is 6.07 Å². The second kappa shape index (κ2) is 5.23. The van der Waals surface area contributed by atoms with Crippen LogP contribution in [0.1, 0.15) is 16.2 Å². The first-order valence-corrected chi connectivity index (χ1v) is 5.24. The van der Waals surface area contributed by atoms with Crippen LogP contribution in [0.15, 0.2) is 24.7 Å². The Bertz CT molecular complexity index is 533. The molecule has 0 spiro atoms. The number of anilines is 1. The lowest BCUT2D eigenvalue weighted by atomic mass is 10.3. The molecule has 0 unspecified atom stereocenters. The molecule has 2 rings (SSSR count). The van der Waals surface area contributed by atoms with E-state index < -0.39 is 0 Å². The predicted molar refractivity (Wildman–Crippen MR) is 64.2 cm³/mol. The van der Waals surface area contributed by atoms with Crippen LogP contribution in [-0.4, -0.2) is 25.7 Å². The number of carbonyl (C=O) groups excluding carboxylic acids is 1. The number of aryl methyl sites for hydroxylation is 1. The number of hydrazine groups is 1. The van der Waals surface area contributed by atoms with Gasteiger partial charge in [0.2, 0.25) is 0 Å². The zero-order valence-corrected chi connectivity index (χ0v) is 9.79. The molecule has 0 saturated carbocycles. The van der Waals surface area contributed by atoms with Crippen LogP contribution in [0.4, 0.5) is 5.82 Å². The van der Waals surface area contributed by atoms with Gasteiger partial charge in [-0.1, -0.05) is 0 Å². The van der Waals surface area contributed by atoms with Gasteiger partial charge in [0.05, 0.1) is 24.6 Å². The molecule has 0 aromatic carbocycles. The lowest BCUT2D eigenvalue weighted by Crippen LogP contribution is -2.25. The summed E-state index contributed by atoms with van der Waals surface area (Å²) in [7, 11) is 1.81. The molecule has 8 nitrogen and oxygen atoms in total. The molecular weight excluding hydrogens is 234 g/mol. The third-order valence-electron chi connectivity index (χ3n) is 2.38. The summed E-state index contributed by atoms with van der Waals surface area (Å²) in [5, 5.41) is 6.73. The number of hydrogen-bond donors (Lipinski definition) is 3. The molecule has 18 heavy (non-hydrogen) atoms. The summed E-state index contributed by atoms with van der Waals surface area (Å²) in [6, 6.07) is 1.83. The SMILES string of the molecule is Cn1nccc1CNC(=O)c1cnc(NN)cn1. The Morgan fingerprint density at radius 1 is 1.44 bits per heavy atom. The van der Waals surface area contributed by atoms with Crippen LogP contribution in [0.25, 0.3) is 0 Å². The Balaban J connectivity index is 1.97. The van der Waals surface area contributed by atoms with E-state index in [1.54, 1.807) is 10.9 Å². The van der Waals surface area contributed by atoms with Gasteiger partial charge in [-0.15, -0.1) is 0 Å². The number of rotatable bonds is 4. The van der Waals surface area contributed by atoms with Crippen molar-refractivity contribution in [2.24, 2.45) is 12.9 Å². The van der Waals surface area contributed by atoms with Crippen molar-refractivity contribution in [2.75, 3.05) is 5.43 Å². The third-order valence-corrected chi connectivity index (χ3v) is 2.38. The summed E-state index contributed by atoms with van der Waals surface area (Å²) in [5.74, 6) is 5.26. The highest BCUT2D eigenvalue weighted by atomic mass is 16.1. The summed E-state index contributed by atoms with van der Waals surface area (Å²) in [4.78, 5) is 19.6. The van der Waals surface area contributed by atoms with E-state index in [2.05, 4.69) is 25.8 Å². The molecule has 2 aromatic rings. The molecule has 0 saturated heterocycles. The number of nitrogens with zero attached hydrogens (tertiary/aromatic N) is 4. The zero-order valence-electron chi connectivity index (χ0n) is 9.79. The van der Waals surface area contributed by atoms with Crippen LogP contribution < -0.4 is 16.6 Å². The summed E-state index contributed by atoms with van der Waals surface area (Å²) in [5.41, 5.74) is 3.47. The highest BCUT2D eigenvalue weighted by Crippen LogP contribution is 2.00. The van der Waals surface area contributed by atoms with E-state index in [0.717, 1.165) is 5.69 Å². The second-order valence-electron chi connectivity index (χ2n) is 3.56. The molecule has 1 amide bonds. The number of nitrogens with two attached hydrogens (primary N) is 1. The Kier molecular flexibility index (Phi) is 3.49. The Morgan fingerprint density at radius 3 is 2.83 bits per heavy atom. The van der Waals surface area contributed by atoms with Gasteiger partial charge in [0.15, 0.2) is 5.82 Å². The first kappa shape index (κ1) is 12.0. The highest BCUT2D eigenvalue weighted by Gasteiger charge is 2.08. The lowest BCUT2D eigenvalue weighted by Gasteiger charge is -2.05. The van der Waals surface area contributed by atoms with E-state index >= 15 is 0 Å². The minimum absolute atomic E-state index is 0.233. The Morgan fingerprint density at radius 2 is 2.28 bits per heavy atom. The molecule has 94 valence electrons. The van der Waals surface area contributed by atoms with Crippen molar-refractivity contribution in [1.82, 2.24) is 25.1 Å². The number of hydrogen-bond acceptors (Lipinski definition) is 6. The normalized spacial score (nSPS) is 10.1. The van der Waals surface area contributed by atoms with Gasteiger partial charge in [0.25, 0.3) is 5.91 Å². The molecule has 0 aliphatic rings. The fourth-order valence-corrected chi connectivity index (χ4v) is 1.36. The molecule has 0 fully saturated rings. The second-order valence-corrected chi connectivity index (χ2v) is 3.56. The summed E-state index contributed by atoms with van der Waals surface area (Å²) in [6.07, 6.45) is 4.41. The topological polar surface area (TPSA) is 111 Å². The van der Waals surface area contributed by atoms with Crippen molar-refractivity contribution in [3.8, 4) is 0 Å². The van der Waals surface area contributed by atoms with Crippen LogP contribution in [0.2, 0.25) is 0 Å². The van der Waals surface area contributed by atoms with Gasteiger partial charge >= 0.3 is 0 Å². The van der Waals surface area contributed by atoms with Gasteiger partial charge in [-0.3, -0.25) is 9.48 Å². The van der Waals surface area contributed by atoms with Crippen LogP contribution >= 0.6 is 0 Å². The molecular formula is C10H13N7O. The number of aromatic nitrogens is 4. The van der Waals surface area contributed by atoms with Crippen LogP contribution in [0, 0.1) is 0 Å². The molecule has 4 N–H and O–H groups in total. The average Bonchev–Trinajstić information content (AvgIpc) is 2.81. The lowest BCUT2D eigenvalue weighted by molar-refractivity contribution is 0.0944. The molecule has 0 radical (unpaired) electrons. The zero-order chi connectivity index (χ0) is 13.0. The third kappa shape index (κ3) is 2.61. The summed E-state index contributed by atoms with van der Waals surface area (Å²) < 4.78 is 1.69. The van der Waals surface area contributed by atoms with Crippen LogP contribution in [0.5, 0.6) is 0 Å². The first-order chi connectivity index (χ1) is 8.70. The molecule has 0 aliphatic carbocycles. The molecule has 8 heteroatoms. The van der Waals surface area contributed by atoms with Crippen molar-refractivity contribution < 1.29 is 4.79 Å². The molecule has 0 bridgehead atoms. The van der Waals surface area contributed by atoms with Gasteiger partial charge in [0.1, 0.15) is 5.69 Å². The Labute approximate surface area is 103 Å². The van der Waals surface area contributed by atoms with E-state index in [0.29, 0.717) is 12.4 Å². The minimum Gasteiger partial charge on any atom is -0.345 e. The average molecular weight is 247 g/mol. The van der Waals surface area contributed by atoms with E-state index in [4.69, 9.17) is 5.84 Å². The molecule has 2 aromatic heterocycles. The molecule has 2 heterocycles. The van der Waals surface area contributed by atoms with Gasteiger partial charge in [-0.2, -0.15) is 5.10 Å². The van der Waals surface area contributed by atoms with E-state index in [9.17, 15) is 4.79 Å². The van der Waals surface area contributed by atoms with Crippen LogP contribution in [-0.2, 0) is 13.6 Å². The Hall–Kier alpha value is -2.48. The smallest absolute Gasteiger partial charge is 0.271 e. The van der Waals surface area contributed by atoms with Gasteiger partial charge < -0.3 is 10.7 Å². The van der Waals surface area contributed by atoms with E-state index in [1.165, 1.54) is 12.4 Å². The van der Waals surface area contributed by atoms with Crippen molar-refractivity contribution >= 4 is 11.7 Å². The quantitative estimate of drug-likeness (QED) is 0.492.